The highest BCUT2D eigenvalue weighted by Gasteiger charge is 2.47. The van der Waals surface area contributed by atoms with Crippen LogP contribution in [-0.4, -0.2) is 38.3 Å². The topological polar surface area (TPSA) is 67.2 Å². The van der Waals surface area contributed by atoms with Gasteiger partial charge in [-0.05, 0) is 62.3 Å². The van der Waals surface area contributed by atoms with Crippen molar-refractivity contribution in [1.29, 1.82) is 0 Å². The van der Waals surface area contributed by atoms with Gasteiger partial charge < -0.3 is 14.8 Å². The number of imidazole rings is 1. The van der Waals surface area contributed by atoms with Crippen LogP contribution in [0.3, 0.4) is 0 Å². The van der Waals surface area contributed by atoms with E-state index in [1.807, 2.05) is 59.5 Å². The first-order valence-corrected chi connectivity index (χ1v) is 13.0. The highest BCUT2D eigenvalue weighted by Crippen LogP contribution is 2.41. The molecule has 1 N–H and O–H groups in total. The lowest BCUT2D eigenvalue weighted by Gasteiger charge is -2.33. The van der Waals surface area contributed by atoms with Gasteiger partial charge in [0.2, 0.25) is 5.91 Å². The molecule has 3 aromatic rings. The van der Waals surface area contributed by atoms with Crippen LogP contribution in [0.2, 0.25) is 0 Å². The Bertz CT molecular complexity index is 1210. The molecule has 1 aliphatic carbocycles. The van der Waals surface area contributed by atoms with Gasteiger partial charge >= 0.3 is 0 Å². The van der Waals surface area contributed by atoms with Gasteiger partial charge in [-0.2, -0.15) is 0 Å². The van der Waals surface area contributed by atoms with E-state index in [1.165, 1.54) is 19.3 Å². The van der Waals surface area contributed by atoms with E-state index in [4.69, 9.17) is 4.98 Å². The van der Waals surface area contributed by atoms with Crippen LogP contribution in [0, 0.1) is 5.92 Å². The number of anilines is 1. The van der Waals surface area contributed by atoms with Crippen LogP contribution < -0.4 is 5.32 Å². The Morgan fingerprint density at radius 3 is 2.66 bits per heavy atom. The Labute approximate surface area is 206 Å². The molecule has 3 aliphatic rings. The Morgan fingerprint density at radius 2 is 1.80 bits per heavy atom. The van der Waals surface area contributed by atoms with Gasteiger partial charge in [0.05, 0.1) is 5.69 Å². The van der Waals surface area contributed by atoms with Crippen molar-refractivity contribution in [2.45, 2.75) is 70.0 Å². The fourth-order valence-corrected chi connectivity index (χ4v) is 6.25. The van der Waals surface area contributed by atoms with Crippen molar-refractivity contribution in [2.75, 3.05) is 5.32 Å². The van der Waals surface area contributed by atoms with Crippen molar-refractivity contribution in [3.05, 3.63) is 72.2 Å². The Kier molecular flexibility index (Phi) is 5.88. The summed E-state index contributed by atoms with van der Waals surface area (Å²) in [7, 11) is 0. The summed E-state index contributed by atoms with van der Waals surface area (Å²) in [4.78, 5) is 33.9. The van der Waals surface area contributed by atoms with Gasteiger partial charge in [0.25, 0.3) is 5.91 Å². The third-order valence-electron chi connectivity index (χ3n) is 7.98. The van der Waals surface area contributed by atoms with E-state index in [0.29, 0.717) is 11.5 Å². The van der Waals surface area contributed by atoms with Crippen molar-refractivity contribution >= 4 is 17.5 Å². The summed E-state index contributed by atoms with van der Waals surface area (Å²) in [5.41, 5.74) is 3.36. The van der Waals surface area contributed by atoms with E-state index in [1.54, 1.807) is 0 Å². The molecule has 0 spiro atoms. The predicted molar refractivity (Wildman–Crippen MR) is 136 cm³/mol. The molecule has 1 saturated heterocycles. The average Bonchev–Trinajstić information content (AvgIpc) is 3.51. The molecule has 6 nitrogen and oxygen atoms in total. The molecule has 1 aromatic heterocycles. The maximum absolute atomic E-state index is 13.6. The number of likely N-dealkylation sites (tertiary alicyclic amines) is 1. The lowest BCUT2D eigenvalue weighted by molar-refractivity contribution is -0.120. The smallest absolute Gasteiger partial charge is 0.254 e. The number of rotatable bonds is 4. The molecule has 2 aliphatic heterocycles. The summed E-state index contributed by atoms with van der Waals surface area (Å²) in [6.45, 7) is 1.02. The van der Waals surface area contributed by atoms with E-state index >= 15 is 0 Å². The van der Waals surface area contributed by atoms with E-state index < -0.39 is 6.04 Å². The number of aryl methyl sites for hydroxylation is 2. The highest BCUT2D eigenvalue weighted by atomic mass is 16.2. The summed E-state index contributed by atoms with van der Waals surface area (Å²) in [6.07, 6.45) is 10.6. The third kappa shape index (κ3) is 4.26. The summed E-state index contributed by atoms with van der Waals surface area (Å²) in [6, 6.07) is 17.0. The van der Waals surface area contributed by atoms with Crippen molar-refractivity contribution in [3.63, 3.8) is 0 Å². The predicted octanol–water partition coefficient (Wildman–Crippen LogP) is 5.30. The van der Waals surface area contributed by atoms with E-state index in [0.717, 1.165) is 61.4 Å². The number of hydrogen-bond donors (Lipinski definition) is 1. The molecule has 3 heterocycles. The second kappa shape index (κ2) is 9.33. The van der Waals surface area contributed by atoms with Gasteiger partial charge in [0.15, 0.2) is 0 Å². The van der Waals surface area contributed by atoms with Gasteiger partial charge in [-0.15, -0.1) is 0 Å². The number of carbonyl (C=O) groups is 2. The Morgan fingerprint density at radius 1 is 0.943 bits per heavy atom. The molecule has 6 heteroatoms. The number of benzene rings is 2. The van der Waals surface area contributed by atoms with Crippen molar-refractivity contribution in [1.82, 2.24) is 14.5 Å². The summed E-state index contributed by atoms with van der Waals surface area (Å²) >= 11 is 0. The van der Waals surface area contributed by atoms with E-state index in [9.17, 15) is 9.59 Å². The zero-order valence-corrected chi connectivity index (χ0v) is 20.0. The quantitative estimate of drug-likeness (QED) is 0.565. The first-order chi connectivity index (χ1) is 17.2. The lowest BCUT2D eigenvalue weighted by atomic mass is 9.84. The number of aromatic nitrogens is 2. The maximum atomic E-state index is 13.6. The van der Waals surface area contributed by atoms with Crippen molar-refractivity contribution < 1.29 is 9.59 Å². The molecule has 3 atom stereocenters. The molecular formula is C29H32N4O2. The minimum absolute atomic E-state index is 0.0301. The lowest BCUT2D eigenvalue weighted by Crippen LogP contribution is -2.47. The monoisotopic (exact) mass is 468 g/mol. The maximum Gasteiger partial charge on any atom is 0.254 e. The first-order valence-electron chi connectivity index (χ1n) is 13.0. The van der Waals surface area contributed by atoms with Gasteiger partial charge in [-0.25, -0.2) is 4.98 Å². The molecule has 1 saturated carbocycles. The Balaban J connectivity index is 1.24. The molecule has 0 bridgehead atoms. The molecule has 35 heavy (non-hydrogen) atoms. The minimum Gasteiger partial charge on any atom is -0.334 e. The molecule has 6 rings (SSSR count). The van der Waals surface area contributed by atoms with Gasteiger partial charge in [-0.1, -0.05) is 43.2 Å². The number of amides is 2. The number of nitrogens with zero attached hydrogens (tertiary/aromatic N) is 3. The molecule has 2 amide bonds. The average molecular weight is 469 g/mol. The zero-order chi connectivity index (χ0) is 23.8. The van der Waals surface area contributed by atoms with Crippen LogP contribution in [0.1, 0.15) is 61.1 Å². The molecule has 2 fully saturated rings. The standard InChI is InChI=1S/C29H32N4O2/c34-28(30-23-13-8-12-21(17-23)24-19-32-16-7-6-15-27(32)31-24)26-18-22-11-4-5-14-25(22)33(26)29(35)20-9-2-1-3-10-20/h1-3,8-10,12-13,17,19,22,25-26H,4-7,11,14-16,18H2,(H,30,34). The van der Waals surface area contributed by atoms with Crippen LogP contribution in [0.5, 0.6) is 0 Å². The highest BCUT2D eigenvalue weighted by molar-refractivity contribution is 6.02. The van der Waals surface area contributed by atoms with Crippen molar-refractivity contribution in [3.8, 4) is 11.3 Å². The molecule has 3 unspecified atom stereocenters. The van der Waals surface area contributed by atoms with Crippen molar-refractivity contribution in [2.24, 2.45) is 5.92 Å². The summed E-state index contributed by atoms with van der Waals surface area (Å²) < 4.78 is 2.25. The van der Waals surface area contributed by atoms with Gasteiger partial charge in [-0.3, -0.25) is 9.59 Å². The van der Waals surface area contributed by atoms with Crippen LogP contribution >= 0.6 is 0 Å². The second-order valence-electron chi connectivity index (χ2n) is 10.2. The molecule has 2 aromatic carbocycles. The van der Waals surface area contributed by atoms with Crippen LogP contribution in [-0.2, 0) is 17.8 Å². The summed E-state index contributed by atoms with van der Waals surface area (Å²) in [5.74, 6) is 1.42. The van der Waals surface area contributed by atoms with E-state index in [-0.39, 0.29) is 17.9 Å². The fraction of sp³-hybridized carbons (Fsp3) is 0.414. The van der Waals surface area contributed by atoms with Gasteiger partial charge in [0, 0.05) is 42.0 Å². The number of carbonyl (C=O) groups excluding carboxylic acids is 2. The summed E-state index contributed by atoms with van der Waals surface area (Å²) in [5, 5.41) is 3.13. The number of hydrogen-bond acceptors (Lipinski definition) is 3. The second-order valence-corrected chi connectivity index (χ2v) is 10.2. The Hall–Kier alpha value is -3.41. The molecule has 180 valence electrons. The minimum atomic E-state index is -0.445. The first kappa shape index (κ1) is 22.1. The molecular weight excluding hydrogens is 436 g/mol. The fourth-order valence-electron chi connectivity index (χ4n) is 6.25. The SMILES string of the molecule is O=C(Nc1cccc(-c2cn3c(n2)CCCC3)c1)C1CC2CCCCC2N1C(=O)c1ccccc1. The third-order valence-corrected chi connectivity index (χ3v) is 7.98. The zero-order valence-electron chi connectivity index (χ0n) is 20.0. The van der Waals surface area contributed by atoms with Gasteiger partial charge in [0.1, 0.15) is 11.9 Å². The number of nitrogens with one attached hydrogen (secondary N) is 1. The largest absolute Gasteiger partial charge is 0.334 e. The van der Waals surface area contributed by atoms with Crippen LogP contribution in [0.4, 0.5) is 5.69 Å². The number of fused-ring (bicyclic) bond motifs is 2. The van der Waals surface area contributed by atoms with E-state index in [2.05, 4.69) is 16.1 Å². The van der Waals surface area contributed by atoms with Crippen LogP contribution in [0.25, 0.3) is 11.3 Å². The van der Waals surface area contributed by atoms with Crippen LogP contribution in [0.15, 0.2) is 60.8 Å². The molecule has 0 radical (unpaired) electrons. The normalized spacial score (nSPS) is 23.4.